The third-order valence-electron chi connectivity index (χ3n) is 5.92. The van der Waals surface area contributed by atoms with E-state index >= 15 is 0 Å². The lowest BCUT2D eigenvalue weighted by Gasteiger charge is -2.22. The fourth-order valence-corrected chi connectivity index (χ4v) is 4.90. The summed E-state index contributed by atoms with van der Waals surface area (Å²) in [6.07, 6.45) is 2.57. The van der Waals surface area contributed by atoms with E-state index < -0.39 is 0 Å². The van der Waals surface area contributed by atoms with Crippen LogP contribution in [0.15, 0.2) is 47.8 Å². The Kier molecular flexibility index (Phi) is 10.7. The third-order valence-corrected chi connectivity index (χ3v) is 6.75. The van der Waals surface area contributed by atoms with E-state index in [-0.39, 0.29) is 11.7 Å². The standard InChI is InChI=1S/C28H36FN3O3S/c1-5-14-32(15-6-2)28(33)24-20-36-27(30-24)19-31(18-22-9-7-8-10-23(22)29)16-13-21-11-12-25(34-3)26(17-21)35-4/h7-12,17,20H,5-6,13-16,18-19H2,1-4H3. The Hall–Kier alpha value is -2.97. The van der Waals surface area contributed by atoms with Crippen LogP contribution in [0.25, 0.3) is 0 Å². The van der Waals surface area contributed by atoms with Crippen molar-refractivity contribution in [3.05, 3.63) is 75.5 Å². The van der Waals surface area contributed by atoms with Crippen molar-refractivity contribution in [2.75, 3.05) is 33.9 Å². The van der Waals surface area contributed by atoms with Gasteiger partial charge in [-0.25, -0.2) is 9.37 Å². The van der Waals surface area contributed by atoms with Crippen LogP contribution in [0.2, 0.25) is 0 Å². The smallest absolute Gasteiger partial charge is 0.273 e. The molecule has 36 heavy (non-hydrogen) atoms. The lowest BCUT2D eigenvalue weighted by atomic mass is 10.1. The Morgan fingerprint density at radius 3 is 2.36 bits per heavy atom. The topological polar surface area (TPSA) is 54.9 Å². The fraction of sp³-hybridized carbons (Fsp3) is 0.429. The van der Waals surface area contributed by atoms with Crippen molar-refractivity contribution in [3.8, 4) is 11.5 Å². The van der Waals surface area contributed by atoms with Gasteiger partial charge in [-0.2, -0.15) is 0 Å². The number of halogens is 1. The number of carbonyl (C=O) groups is 1. The van der Waals surface area contributed by atoms with Gasteiger partial charge in [0, 0.05) is 37.1 Å². The van der Waals surface area contributed by atoms with Crippen LogP contribution in [0.5, 0.6) is 11.5 Å². The van der Waals surface area contributed by atoms with Crippen LogP contribution in [0.4, 0.5) is 4.39 Å². The first-order valence-electron chi connectivity index (χ1n) is 12.4. The molecule has 0 atom stereocenters. The zero-order valence-electron chi connectivity index (χ0n) is 21.6. The first-order chi connectivity index (χ1) is 17.5. The highest BCUT2D eigenvalue weighted by Gasteiger charge is 2.19. The van der Waals surface area contributed by atoms with Crippen molar-refractivity contribution >= 4 is 17.2 Å². The second kappa shape index (κ2) is 13.9. The zero-order valence-corrected chi connectivity index (χ0v) is 22.4. The van der Waals surface area contributed by atoms with Gasteiger partial charge in [-0.15, -0.1) is 11.3 Å². The first-order valence-corrected chi connectivity index (χ1v) is 13.3. The molecule has 0 unspecified atom stereocenters. The highest BCUT2D eigenvalue weighted by Crippen LogP contribution is 2.28. The predicted octanol–water partition coefficient (Wildman–Crippen LogP) is 5.81. The number of aromatic nitrogens is 1. The Morgan fingerprint density at radius 2 is 1.69 bits per heavy atom. The van der Waals surface area contributed by atoms with Crippen molar-refractivity contribution in [2.45, 2.75) is 46.2 Å². The van der Waals surface area contributed by atoms with Crippen molar-refractivity contribution in [1.82, 2.24) is 14.8 Å². The molecule has 8 heteroatoms. The van der Waals surface area contributed by atoms with Gasteiger partial charge in [0.2, 0.25) is 0 Å². The van der Waals surface area contributed by atoms with Gasteiger partial charge in [-0.05, 0) is 43.0 Å². The van der Waals surface area contributed by atoms with Crippen LogP contribution >= 0.6 is 11.3 Å². The highest BCUT2D eigenvalue weighted by molar-refractivity contribution is 7.09. The molecule has 0 aliphatic rings. The van der Waals surface area contributed by atoms with Gasteiger partial charge < -0.3 is 14.4 Å². The number of thiazole rings is 1. The summed E-state index contributed by atoms with van der Waals surface area (Å²) in [7, 11) is 3.24. The van der Waals surface area contributed by atoms with E-state index in [2.05, 4.69) is 23.7 Å². The highest BCUT2D eigenvalue weighted by atomic mass is 32.1. The average molecular weight is 514 g/mol. The molecule has 0 aliphatic carbocycles. The van der Waals surface area contributed by atoms with Gasteiger partial charge in [0.15, 0.2) is 11.5 Å². The van der Waals surface area contributed by atoms with Crippen molar-refractivity contribution in [2.24, 2.45) is 0 Å². The SMILES string of the molecule is CCCN(CCC)C(=O)c1csc(CN(CCc2ccc(OC)c(OC)c2)Cc2ccccc2F)n1. The maximum Gasteiger partial charge on any atom is 0.273 e. The molecule has 0 radical (unpaired) electrons. The number of nitrogens with zero attached hydrogens (tertiary/aromatic N) is 3. The molecule has 0 saturated carbocycles. The predicted molar refractivity (Wildman–Crippen MR) is 142 cm³/mol. The van der Waals surface area contributed by atoms with E-state index in [1.54, 1.807) is 20.3 Å². The summed E-state index contributed by atoms with van der Waals surface area (Å²) in [6, 6.07) is 12.7. The molecule has 1 heterocycles. The average Bonchev–Trinajstić information content (AvgIpc) is 3.36. The van der Waals surface area contributed by atoms with Crippen molar-refractivity contribution in [1.29, 1.82) is 0 Å². The van der Waals surface area contributed by atoms with Crippen LogP contribution in [-0.2, 0) is 19.5 Å². The Labute approximate surface area is 217 Å². The molecule has 0 N–H and O–H groups in total. The minimum atomic E-state index is -0.224. The molecule has 0 spiro atoms. The first kappa shape index (κ1) is 27.6. The van der Waals surface area contributed by atoms with Crippen LogP contribution in [0.1, 0.15) is 53.3 Å². The van der Waals surface area contributed by atoms with Gasteiger partial charge in [-0.3, -0.25) is 9.69 Å². The summed E-state index contributed by atoms with van der Waals surface area (Å²) in [6.45, 7) is 7.25. The molecule has 0 aliphatic heterocycles. The van der Waals surface area contributed by atoms with E-state index in [0.717, 1.165) is 42.9 Å². The monoisotopic (exact) mass is 513 g/mol. The molecule has 1 amide bonds. The minimum Gasteiger partial charge on any atom is -0.493 e. The Bertz CT molecular complexity index is 1110. The summed E-state index contributed by atoms with van der Waals surface area (Å²) >= 11 is 1.48. The number of hydrogen-bond acceptors (Lipinski definition) is 6. The van der Waals surface area contributed by atoms with E-state index in [9.17, 15) is 9.18 Å². The Morgan fingerprint density at radius 1 is 0.972 bits per heavy atom. The maximum absolute atomic E-state index is 14.5. The Balaban J connectivity index is 1.76. The van der Waals surface area contributed by atoms with Gasteiger partial charge >= 0.3 is 0 Å². The second-order valence-electron chi connectivity index (χ2n) is 8.66. The van der Waals surface area contributed by atoms with Crippen LogP contribution < -0.4 is 9.47 Å². The molecule has 3 rings (SSSR count). The molecule has 6 nitrogen and oxygen atoms in total. The van der Waals surface area contributed by atoms with E-state index in [4.69, 9.17) is 9.47 Å². The number of ether oxygens (including phenoxy) is 2. The maximum atomic E-state index is 14.5. The minimum absolute atomic E-state index is 0.0211. The number of methoxy groups -OCH3 is 2. The molecular formula is C28H36FN3O3S. The van der Waals surface area contributed by atoms with Gasteiger partial charge in [0.05, 0.1) is 20.8 Å². The lowest BCUT2D eigenvalue weighted by Crippen LogP contribution is -2.32. The zero-order chi connectivity index (χ0) is 25.9. The number of amides is 1. The molecule has 0 saturated heterocycles. The van der Waals surface area contributed by atoms with E-state index in [0.29, 0.717) is 42.4 Å². The molecule has 0 fully saturated rings. The molecule has 1 aromatic heterocycles. The fourth-order valence-electron chi connectivity index (χ4n) is 4.09. The number of rotatable bonds is 14. The second-order valence-corrected chi connectivity index (χ2v) is 9.60. The third kappa shape index (κ3) is 7.51. The molecular weight excluding hydrogens is 477 g/mol. The van der Waals surface area contributed by atoms with E-state index in [1.807, 2.05) is 40.6 Å². The number of hydrogen-bond donors (Lipinski definition) is 0. The quantitative estimate of drug-likeness (QED) is 0.272. The number of benzene rings is 2. The summed E-state index contributed by atoms with van der Waals surface area (Å²) < 4.78 is 25.2. The van der Waals surface area contributed by atoms with Gasteiger partial charge in [0.25, 0.3) is 5.91 Å². The van der Waals surface area contributed by atoms with Gasteiger partial charge in [-0.1, -0.05) is 38.1 Å². The summed E-state index contributed by atoms with van der Waals surface area (Å²) in [5.74, 6) is 1.12. The summed E-state index contributed by atoms with van der Waals surface area (Å²) in [5.41, 5.74) is 2.22. The lowest BCUT2D eigenvalue weighted by molar-refractivity contribution is 0.0750. The van der Waals surface area contributed by atoms with Crippen molar-refractivity contribution < 1.29 is 18.7 Å². The molecule has 3 aromatic rings. The summed E-state index contributed by atoms with van der Waals surface area (Å²) in [4.78, 5) is 21.7. The summed E-state index contributed by atoms with van der Waals surface area (Å²) in [5, 5.41) is 2.68. The molecule has 2 aromatic carbocycles. The van der Waals surface area contributed by atoms with Gasteiger partial charge in [0.1, 0.15) is 16.5 Å². The van der Waals surface area contributed by atoms with E-state index in [1.165, 1.54) is 17.4 Å². The normalized spacial score (nSPS) is 11.1. The van der Waals surface area contributed by atoms with Crippen LogP contribution in [0, 0.1) is 5.82 Å². The van der Waals surface area contributed by atoms with Crippen LogP contribution in [-0.4, -0.2) is 54.5 Å². The molecule has 194 valence electrons. The van der Waals surface area contributed by atoms with Crippen molar-refractivity contribution in [3.63, 3.8) is 0 Å². The largest absolute Gasteiger partial charge is 0.493 e. The molecule has 0 bridgehead atoms. The van der Waals surface area contributed by atoms with Crippen LogP contribution in [0.3, 0.4) is 0 Å². The number of carbonyl (C=O) groups excluding carboxylic acids is 1.